The van der Waals surface area contributed by atoms with Gasteiger partial charge >= 0.3 is 5.97 Å². The number of carbonyl (C=O) groups is 1. The molecule has 0 bridgehead atoms. The predicted octanol–water partition coefficient (Wildman–Crippen LogP) is 2.21. The van der Waals surface area contributed by atoms with E-state index >= 15 is 0 Å². The number of aryl methyl sites for hydroxylation is 1. The van der Waals surface area contributed by atoms with Crippen LogP contribution in [0.25, 0.3) is 5.52 Å². The fraction of sp³-hybridized carbons (Fsp3) is 0.200. The lowest BCUT2D eigenvalue weighted by atomic mass is 10.1. The second-order valence-electron chi connectivity index (χ2n) is 3.09. The van der Waals surface area contributed by atoms with Gasteiger partial charge in [-0.05, 0) is 24.1 Å². The average Bonchev–Trinajstić information content (AvgIpc) is 2.74. The molecule has 0 atom stereocenters. The highest BCUT2D eigenvalue weighted by atomic mass is 35.5. The van der Waals surface area contributed by atoms with Crippen LogP contribution in [-0.4, -0.2) is 15.6 Å². The number of carbonyl (C=O) groups excluding carboxylic acids is 1. The van der Waals surface area contributed by atoms with Crippen molar-refractivity contribution in [1.29, 1.82) is 0 Å². The van der Waals surface area contributed by atoms with E-state index in [0.29, 0.717) is 5.56 Å². The summed E-state index contributed by atoms with van der Waals surface area (Å²) in [6, 6.07) is 3.77. The Bertz CT molecular complexity index is 507. The van der Waals surface area contributed by atoms with E-state index in [-0.39, 0.29) is 0 Å². The molecule has 0 aliphatic carbocycles. The van der Waals surface area contributed by atoms with E-state index < -0.39 is 5.97 Å². The summed E-state index contributed by atoms with van der Waals surface area (Å²) in [4.78, 5) is 11.4. The van der Waals surface area contributed by atoms with Crippen LogP contribution in [0.4, 0.5) is 0 Å². The number of hydrogen-bond acceptors (Lipinski definition) is 3. The van der Waals surface area contributed by atoms with Crippen LogP contribution < -0.4 is 0 Å². The molecule has 2 aromatic heterocycles. The lowest BCUT2D eigenvalue weighted by Gasteiger charge is -2.06. The largest absolute Gasteiger partial charge is 0.358 e. The first kappa shape index (κ1) is 9.98. The van der Waals surface area contributed by atoms with E-state index in [0.717, 1.165) is 17.5 Å². The molecule has 2 aromatic rings. The van der Waals surface area contributed by atoms with E-state index in [1.54, 1.807) is 4.52 Å². The zero-order valence-corrected chi connectivity index (χ0v) is 8.86. The fourth-order valence-corrected chi connectivity index (χ4v) is 1.72. The minimum absolute atomic E-state index is 0.415. The van der Waals surface area contributed by atoms with Gasteiger partial charge in [0.15, 0.2) is 0 Å². The third-order valence-electron chi connectivity index (χ3n) is 2.32. The molecule has 2 rings (SSSR count). The number of nitrogens with zero attached hydrogens (tertiary/aromatic N) is 2. The van der Waals surface area contributed by atoms with E-state index in [1.807, 2.05) is 25.3 Å². The van der Waals surface area contributed by atoms with E-state index in [2.05, 4.69) is 9.39 Å². The van der Waals surface area contributed by atoms with Gasteiger partial charge < -0.3 is 4.29 Å². The standard InChI is InChI=1S/C10H9ClN2O2/c1-2-7-8(10(14)15-11)6-12-13-5-3-4-9(7)13/h3-6H,2H2,1H3. The third kappa shape index (κ3) is 1.57. The van der Waals surface area contributed by atoms with Gasteiger partial charge in [0, 0.05) is 6.20 Å². The topological polar surface area (TPSA) is 43.6 Å². The first-order valence-corrected chi connectivity index (χ1v) is 4.87. The van der Waals surface area contributed by atoms with E-state index in [4.69, 9.17) is 11.9 Å². The van der Waals surface area contributed by atoms with Gasteiger partial charge in [-0.2, -0.15) is 5.10 Å². The maximum atomic E-state index is 11.4. The Kier molecular flexibility index (Phi) is 2.60. The molecule has 0 saturated heterocycles. The second kappa shape index (κ2) is 3.90. The molecular weight excluding hydrogens is 216 g/mol. The molecule has 0 amide bonds. The highest BCUT2D eigenvalue weighted by Crippen LogP contribution is 2.17. The summed E-state index contributed by atoms with van der Waals surface area (Å²) >= 11 is 5.06. The minimum atomic E-state index is -0.565. The molecule has 0 radical (unpaired) electrons. The summed E-state index contributed by atoms with van der Waals surface area (Å²) in [5, 5.41) is 4.08. The van der Waals surface area contributed by atoms with Crippen LogP contribution >= 0.6 is 11.9 Å². The Morgan fingerprint density at radius 1 is 1.67 bits per heavy atom. The van der Waals surface area contributed by atoms with Crippen molar-refractivity contribution in [3.05, 3.63) is 35.7 Å². The van der Waals surface area contributed by atoms with Crippen molar-refractivity contribution in [2.24, 2.45) is 0 Å². The van der Waals surface area contributed by atoms with E-state index in [1.165, 1.54) is 6.20 Å². The highest BCUT2D eigenvalue weighted by molar-refractivity contribution is 6.16. The molecule has 2 heterocycles. The Morgan fingerprint density at radius 2 is 2.47 bits per heavy atom. The van der Waals surface area contributed by atoms with Gasteiger partial charge in [-0.1, -0.05) is 6.92 Å². The van der Waals surface area contributed by atoms with Crippen molar-refractivity contribution in [2.45, 2.75) is 13.3 Å². The van der Waals surface area contributed by atoms with Gasteiger partial charge in [0.2, 0.25) is 0 Å². The summed E-state index contributed by atoms with van der Waals surface area (Å²) in [5.41, 5.74) is 2.21. The van der Waals surface area contributed by atoms with E-state index in [9.17, 15) is 4.79 Å². The summed E-state index contributed by atoms with van der Waals surface area (Å²) < 4.78 is 5.90. The SMILES string of the molecule is CCc1c(C(=O)OCl)cnn2cccc12. The molecule has 0 unspecified atom stereocenters. The molecule has 0 N–H and O–H groups in total. The minimum Gasteiger partial charge on any atom is -0.343 e. The van der Waals surface area contributed by atoms with Gasteiger partial charge in [-0.15, -0.1) is 0 Å². The molecule has 0 aromatic carbocycles. The van der Waals surface area contributed by atoms with Crippen LogP contribution in [0, 0.1) is 0 Å². The monoisotopic (exact) mass is 224 g/mol. The van der Waals surface area contributed by atoms with Gasteiger partial charge in [-0.25, -0.2) is 9.31 Å². The fourth-order valence-electron chi connectivity index (χ4n) is 1.64. The number of rotatable bonds is 2. The molecule has 5 heteroatoms. The third-order valence-corrected chi connectivity index (χ3v) is 2.46. The van der Waals surface area contributed by atoms with Crippen molar-refractivity contribution in [2.75, 3.05) is 0 Å². The van der Waals surface area contributed by atoms with Crippen LogP contribution in [0.3, 0.4) is 0 Å². The van der Waals surface area contributed by atoms with Gasteiger partial charge in [-0.3, -0.25) is 0 Å². The van der Waals surface area contributed by atoms with Crippen LogP contribution in [0.2, 0.25) is 0 Å². The maximum absolute atomic E-state index is 11.4. The highest BCUT2D eigenvalue weighted by Gasteiger charge is 2.15. The zero-order valence-electron chi connectivity index (χ0n) is 8.11. The molecule has 78 valence electrons. The van der Waals surface area contributed by atoms with Crippen molar-refractivity contribution < 1.29 is 9.08 Å². The molecule has 0 saturated carbocycles. The van der Waals surface area contributed by atoms with Crippen molar-refractivity contribution in [3.8, 4) is 0 Å². The Hall–Kier alpha value is -1.55. The Morgan fingerprint density at radius 3 is 3.13 bits per heavy atom. The number of fused-ring (bicyclic) bond motifs is 1. The Labute approximate surface area is 91.6 Å². The first-order chi connectivity index (χ1) is 7.27. The van der Waals surface area contributed by atoms with Gasteiger partial charge in [0.25, 0.3) is 0 Å². The normalized spacial score (nSPS) is 10.5. The molecule has 0 fully saturated rings. The molecule has 0 aliphatic heterocycles. The quantitative estimate of drug-likeness (QED) is 0.786. The number of halogens is 1. The van der Waals surface area contributed by atoms with Gasteiger partial charge in [0.05, 0.1) is 17.3 Å². The van der Waals surface area contributed by atoms with Crippen LogP contribution in [0.15, 0.2) is 24.5 Å². The van der Waals surface area contributed by atoms with Gasteiger partial charge in [0.1, 0.15) is 11.9 Å². The number of hydrogen-bond donors (Lipinski definition) is 0. The molecular formula is C10H9ClN2O2. The lowest BCUT2D eigenvalue weighted by molar-refractivity contribution is 0.0749. The zero-order chi connectivity index (χ0) is 10.8. The lowest BCUT2D eigenvalue weighted by Crippen LogP contribution is -2.07. The smallest absolute Gasteiger partial charge is 0.343 e. The molecule has 4 nitrogen and oxygen atoms in total. The summed E-state index contributed by atoms with van der Waals surface area (Å²) in [5.74, 6) is -0.565. The second-order valence-corrected chi connectivity index (χ2v) is 3.25. The van der Waals surface area contributed by atoms with Crippen molar-refractivity contribution in [3.63, 3.8) is 0 Å². The molecule has 15 heavy (non-hydrogen) atoms. The Balaban J connectivity index is 2.69. The summed E-state index contributed by atoms with van der Waals surface area (Å²) in [6.45, 7) is 1.97. The molecule has 0 aliphatic rings. The maximum Gasteiger partial charge on any atom is 0.358 e. The summed E-state index contributed by atoms with van der Waals surface area (Å²) in [7, 11) is 0. The van der Waals surface area contributed by atoms with Crippen molar-refractivity contribution >= 4 is 23.4 Å². The average molecular weight is 225 g/mol. The summed E-state index contributed by atoms with van der Waals surface area (Å²) in [6.07, 6.45) is 4.01. The van der Waals surface area contributed by atoms with Crippen molar-refractivity contribution in [1.82, 2.24) is 9.61 Å². The van der Waals surface area contributed by atoms with Crippen LogP contribution in [-0.2, 0) is 10.7 Å². The first-order valence-electron chi connectivity index (χ1n) is 4.56. The van der Waals surface area contributed by atoms with Crippen LogP contribution in [0.5, 0.6) is 0 Å². The van der Waals surface area contributed by atoms with Crippen LogP contribution in [0.1, 0.15) is 22.8 Å². The predicted molar refractivity (Wildman–Crippen MR) is 55.8 cm³/mol. The molecule has 0 spiro atoms. The number of aromatic nitrogens is 2.